The van der Waals surface area contributed by atoms with Gasteiger partial charge in [0, 0.05) is 24.6 Å². The molecule has 0 fully saturated rings. The number of hydrogen-bond acceptors (Lipinski definition) is 5. The Kier molecular flexibility index (Phi) is 3.69. The Hall–Kier alpha value is -2.47. The summed E-state index contributed by atoms with van der Waals surface area (Å²) in [5.41, 5.74) is 3.58. The molecule has 1 atom stereocenters. The summed E-state index contributed by atoms with van der Waals surface area (Å²) in [5, 5.41) is 8.62. The summed E-state index contributed by atoms with van der Waals surface area (Å²) in [6.07, 6.45) is 1.96. The van der Waals surface area contributed by atoms with Gasteiger partial charge in [-0.2, -0.15) is 10.1 Å². The second kappa shape index (κ2) is 5.87. The second-order valence-corrected chi connectivity index (χ2v) is 6.59. The van der Waals surface area contributed by atoms with Crippen molar-refractivity contribution in [3.05, 3.63) is 59.5 Å². The molecule has 0 aliphatic carbocycles. The van der Waals surface area contributed by atoms with Crippen LogP contribution in [-0.4, -0.2) is 24.8 Å². The van der Waals surface area contributed by atoms with E-state index in [2.05, 4.69) is 53.0 Å². The number of nitrogens with zero attached hydrogens (tertiary/aromatic N) is 5. The third-order valence-corrected chi connectivity index (χ3v) is 4.56. The number of para-hydroxylation sites is 1. The van der Waals surface area contributed by atoms with Crippen molar-refractivity contribution in [3.63, 3.8) is 0 Å². The third kappa shape index (κ3) is 2.53. The molecule has 0 radical (unpaired) electrons. The van der Waals surface area contributed by atoms with Crippen LogP contribution in [0.2, 0.25) is 0 Å². The maximum Gasteiger partial charge on any atom is 0.243 e. The highest BCUT2D eigenvalue weighted by atomic mass is 16.5. The molecule has 6 nitrogen and oxygen atoms in total. The molecule has 6 heteroatoms. The lowest BCUT2D eigenvalue weighted by Crippen LogP contribution is -2.22. The van der Waals surface area contributed by atoms with Gasteiger partial charge >= 0.3 is 0 Å². The Morgan fingerprint density at radius 1 is 1.08 bits per heavy atom. The molecule has 3 heterocycles. The van der Waals surface area contributed by atoms with E-state index in [4.69, 9.17) is 4.52 Å². The lowest BCUT2D eigenvalue weighted by Gasteiger charge is -2.20. The Morgan fingerprint density at radius 3 is 2.58 bits per heavy atom. The Morgan fingerprint density at radius 2 is 1.88 bits per heavy atom. The third-order valence-electron chi connectivity index (χ3n) is 4.56. The Bertz CT molecular complexity index is 836. The van der Waals surface area contributed by atoms with Crippen LogP contribution in [0, 0.1) is 0 Å². The van der Waals surface area contributed by atoms with Crippen molar-refractivity contribution >= 4 is 0 Å². The van der Waals surface area contributed by atoms with Gasteiger partial charge in [-0.25, -0.2) is 4.68 Å². The molecule has 4 rings (SSSR count). The molecule has 0 amide bonds. The monoisotopic (exact) mass is 323 g/mol. The molecule has 3 aromatic rings. The molecule has 2 aromatic heterocycles. The Labute approximate surface area is 141 Å². The first-order valence-electron chi connectivity index (χ1n) is 8.32. The van der Waals surface area contributed by atoms with Gasteiger partial charge in [0.05, 0.1) is 23.6 Å². The molecule has 1 aromatic carbocycles. The van der Waals surface area contributed by atoms with E-state index in [1.165, 1.54) is 11.3 Å². The van der Waals surface area contributed by atoms with Crippen molar-refractivity contribution in [1.29, 1.82) is 0 Å². The van der Waals surface area contributed by atoms with Crippen molar-refractivity contribution < 1.29 is 4.52 Å². The zero-order chi connectivity index (χ0) is 16.7. The van der Waals surface area contributed by atoms with Gasteiger partial charge in [0.25, 0.3) is 0 Å². The molecule has 0 bridgehead atoms. The van der Waals surface area contributed by atoms with E-state index in [1.807, 2.05) is 29.1 Å². The second-order valence-electron chi connectivity index (χ2n) is 6.59. The summed E-state index contributed by atoms with van der Waals surface area (Å²) < 4.78 is 7.49. The van der Waals surface area contributed by atoms with Crippen molar-refractivity contribution in [2.24, 2.45) is 0 Å². The van der Waals surface area contributed by atoms with Crippen molar-refractivity contribution in [2.75, 3.05) is 0 Å². The fourth-order valence-electron chi connectivity index (χ4n) is 3.05. The van der Waals surface area contributed by atoms with E-state index in [-0.39, 0.29) is 12.0 Å². The SMILES string of the molecule is CC(C)c1noc(C(C)N2Cc3cnn(-c4ccccc4)c3C2)n1. The lowest BCUT2D eigenvalue weighted by atomic mass is 10.2. The smallest absolute Gasteiger partial charge is 0.243 e. The number of benzene rings is 1. The highest BCUT2D eigenvalue weighted by Crippen LogP contribution is 2.31. The quantitative estimate of drug-likeness (QED) is 0.736. The number of rotatable bonds is 4. The van der Waals surface area contributed by atoms with Gasteiger partial charge in [-0.15, -0.1) is 0 Å². The molecule has 0 spiro atoms. The van der Waals surface area contributed by atoms with E-state index in [0.29, 0.717) is 5.89 Å². The minimum absolute atomic E-state index is 0.0848. The highest BCUT2D eigenvalue weighted by molar-refractivity contribution is 5.36. The number of hydrogen-bond donors (Lipinski definition) is 0. The molecule has 1 aliphatic heterocycles. The van der Waals surface area contributed by atoms with Gasteiger partial charge in [0.2, 0.25) is 5.89 Å². The van der Waals surface area contributed by atoms with Crippen molar-refractivity contribution in [2.45, 2.75) is 45.8 Å². The average Bonchev–Trinajstić information content (AvgIpc) is 3.30. The summed E-state index contributed by atoms with van der Waals surface area (Å²) in [5.74, 6) is 1.73. The van der Waals surface area contributed by atoms with Gasteiger partial charge in [0.1, 0.15) is 0 Å². The zero-order valence-corrected chi connectivity index (χ0v) is 14.2. The largest absolute Gasteiger partial charge is 0.338 e. The van der Waals surface area contributed by atoms with Gasteiger partial charge in [0.15, 0.2) is 5.82 Å². The number of aromatic nitrogens is 4. The first-order valence-corrected chi connectivity index (χ1v) is 8.32. The summed E-state index contributed by atoms with van der Waals surface area (Å²) in [7, 11) is 0. The fraction of sp³-hybridized carbons (Fsp3) is 0.389. The van der Waals surface area contributed by atoms with Gasteiger partial charge in [-0.3, -0.25) is 4.90 Å². The summed E-state index contributed by atoms with van der Waals surface area (Å²) in [6.45, 7) is 7.93. The predicted molar refractivity (Wildman–Crippen MR) is 89.6 cm³/mol. The van der Waals surface area contributed by atoms with E-state index >= 15 is 0 Å². The van der Waals surface area contributed by atoms with Crippen LogP contribution in [0.25, 0.3) is 5.69 Å². The van der Waals surface area contributed by atoms with Crippen LogP contribution in [0.5, 0.6) is 0 Å². The minimum atomic E-state index is 0.0848. The van der Waals surface area contributed by atoms with Crippen LogP contribution in [0.3, 0.4) is 0 Å². The van der Waals surface area contributed by atoms with E-state index < -0.39 is 0 Å². The number of fused-ring (bicyclic) bond motifs is 1. The molecule has 1 aliphatic rings. The lowest BCUT2D eigenvalue weighted by molar-refractivity contribution is 0.171. The maximum atomic E-state index is 5.47. The van der Waals surface area contributed by atoms with Crippen LogP contribution >= 0.6 is 0 Å². The van der Waals surface area contributed by atoms with Gasteiger partial charge in [-0.05, 0) is 19.1 Å². The molecular formula is C18H21N5O. The molecule has 0 saturated carbocycles. The molecule has 0 N–H and O–H groups in total. The molecule has 1 unspecified atom stereocenters. The van der Waals surface area contributed by atoms with E-state index in [0.717, 1.165) is 24.6 Å². The topological polar surface area (TPSA) is 60.0 Å². The minimum Gasteiger partial charge on any atom is -0.338 e. The standard InChI is InChI=1S/C18H21N5O/c1-12(2)17-20-18(24-21-17)13(3)22-10-14-9-19-23(16(14)11-22)15-7-5-4-6-8-15/h4-9,12-13H,10-11H2,1-3H3. The van der Waals surface area contributed by atoms with Crippen molar-refractivity contribution in [3.8, 4) is 5.69 Å². The molecule has 24 heavy (non-hydrogen) atoms. The predicted octanol–water partition coefficient (Wildman–Crippen LogP) is 3.46. The fourth-order valence-corrected chi connectivity index (χ4v) is 3.05. The summed E-state index contributed by atoms with van der Waals surface area (Å²) in [4.78, 5) is 6.88. The van der Waals surface area contributed by atoms with Crippen LogP contribution in [-0.2, 0) is 13.1 Å². The molecule has 0 saturated heterocycles. The average molecular weight is 323 g/mol. The highest BCUT2D eigenvalue weighted by Gasteiger charge is 2.30. The summed E-state index contributed by atoms with van der Waals surface area (Å²) in [6, 6.07) is 10.3. The maximum absolute atomic E-state index is 5.47. The normalized spacial score (nSPS) is 15.8. The van der Waals surface area contributed by atoms with E-state index in [1.54, 1.807) is 0 Å². The zero-order valence-electron chi connectivity index (χ0n) is 14.2. The molecule has 124 valence electrons. The van der Waals surface area contributed by atoms with Crippen LogP contribution < -0.4 is 0 Å². The van der Waals surface area contributed by atoms with E-state index in [9.17, 15) is 0 Å². The first kappa shape index (κ1) is 15.1. The van der Waals surface area contributed by atoms with Gasteiger partial charge < -0.3 is 4.52 Å². The van der Waals surface area contributed by atoms with Crippen molar-refractivity contribution in [1.82, 2.24) is 24.8 Å². The van der Waals surface area contributed by atoms with Crippen LogP contribution in [0.15, 0.2) is 41.1 Å². The van der Waals surface area contributed by atoms with Crippen LogP contribution in [0.4, 0.5) is 0 Å². The first-order chi connectivity index (χ1) is 11.6. The Balaban J connectivity index is 1.56. The van der Waals surface area contributed by atoms with Crippen LogP contribution in [0.1, 0.15) is 55.7 Å². The summed E-state index contributed by atoms with van der Waals surface area (Å²) >= 11 is 0. The molecular weight excluding hydrogens is 302 g/mol. The van der Waals surface area contributed by atoms with Gasteiger partial charge in [-0.1, -0.05) is 37.2 Å².